The zero-order chi connectivity index (χ0) is 17.9. The third-order valence-corrected chi connectivity index (χ3v) is 4.51. The Morgan fingerprint density at radius 2 is 2.17 bits per heavy atom. The van der Waals surface area contributed by atoms with Gasteiger partial charge in [0.05, 0.1) is 19.3 Å². The van der Waals surface area contributed by atoms with Crippen molar-refractivity contribution in [2.24, 2.45) is 0 Å². The molecular weight excluding hydrogens is 343 g/mol. The average molecular weight is 364 g/mol. The molecule has 10 nitrogen and oxygen atoms in total. The van der Waals surface area contributed by atoms with Crippen LogP contribution >= 0.6 is 7.82 Å². The second-order valence-electron chi connectivity index (χ2n) is 5.51. The van der Waals surface area contributed by atoms with Gasteiger partial charge in [-0.2, -0.15) is 0 Å². The molecular formula is C13H21N2O8P. The van der Waals surface area contributed by atoms with Crippen LogP contribution in [0.25, 0.3) is 0 Å². The van der Waals surface area contributed by atoms with E-state index in [1.807, 2.05) is 0 Å². The highest BCUT2D eigenvalue weighted by Gasteiger charge is 2.37. The summed E-state index contributed by atoms with van der Waals surface area (Å²) >= 11 is 0. The topological polar surface area (TPSA) is 140 Å². The lowest BCUT2D eigenvalue weighted by Gasteiger charge is -2.18. The SMILES string of the molecule is CCCOP(=O)(O)OC[C@H]1O[C@@H](n2cc(C)c(=O)[nH]c2=O)C[C@@H]1O. The Hall–Kier alpha value is -1.29. The largest absolute Gasteiger partial charge is 0.472 e. The second kappa shape index (κ2) is 7.73. The van der Waals surface area contributed by atoms with Gasteiger partial charge in [0.25, 0.3) is 5.56 Å². The van der Waals surface area contributed by atoms with Gasteiger partial charge in [0, 0.05) is 18.2 Å². The van der Waals surface area contributed by atoms with Crippen LogP contribution in [-0.4, -0.2) is 45.0 Å². The van der Waals surface area contributed by atoms with Gasteiger partial charge >= 0.3 is 13.5 Å². The van der Waals surface area contributed by atoms with Gasteiger partial charge in [0.1, 0.15) is 12.3 Å². The highest BCUT2D eigenvalue weighted by Crippen LogP contribution is 2.44. The molecule has 4 atom stereocenters. The van der Waals surface area contributed by atoms with Crippen LogP contribution in [0, 0.1) is 6.92 Å². The summed E-state index contributed by atoms with van der Waals surface area (Å²) in [5, 5.41) is 10.0. The summed E-state index contributed by atoms with van der Waals surface area (Å²) < 4.78 is 27.8. The number of H-pyrrole nitrogens is 1. The minimum absolute atomic E-state index is 0.0660. The summed E-state index contributed by atoms with van der Waals surface area (Å²) in [5.74, 6) is 0. The highest BCUT2D eigenvalue weighted by atomic mass is 31.2. The molecule has 1 aromatic heterocycles. The number of ether oxygens (including phenoxy) is 1. The molecule has 0 bridgehead atoms. The molecule has 0 spiro atoms. The number of aliphatic hydroxyl groups excluding tert-OH is 1. The quantitative estimate of drug-likeness (QED) is 0.576. The van der Waals surface area contributed by atoms with E-state index >= 15 is 0 Å². The van der Waals surface area contributed by atoms with E-state index in [4.69, 9.17) is 9.26 Å². The van der Waals surface area contributed by atoms with E-state index in [0.717, 1.165) is 4.57 Å². The third kappa shape index (κ3) is 4.62. The molecule has 2 heterocycles. The van der Waals surface area contributed by atoms with Crippen LogP contribution in [0.1, 0.15) is 31.6 Å². The van der Waals surface area contributed by atoms with E-state index in [0.29, 0.717) is 12.0 Å². The molecule has 0 radical (unpaired) electrons. The number of rotatable bonds is 7. The molecule has 0 saturated carbocycles. The number of nitrogens with one attached hydrogen (secondary N) is 1. The Balaban J connectivity index is 2.02. The Labute approximate surface area is 137 Å². The minimum atomic E-state index is -4.21. The molecule has 1 aliphatic heterocycles. The average Bonchev–Trinajstić information content (AvgIpc) is 2.88. The van der Waals surface area contributed by atoms with Crippen LogP contribution in [0.15, 0.2) is 15.8 Å². The van der Waals surface area contributed by atoms with Gasteiger partial charge in [-0.1, -0.05) is 6.92 Å². The maximum Gasteiger partial charge on any atom is 0.472 e. The molecule has 0 amide bonds. The van der Waals surface area contributed by atoms with Crippen LogP contribution in [0.5, 0.6) is 0 Å². The Kier molecular flexibility index (Phi) is 6.13. The van der Waals surface area contributed by atoms with E-state index < -0.39 is 37.5 Å². The van der Waals surface area contributed by atoms with E-state index in [9.17, 15) is 24.2 Å². The normalized spacial score (nSPS) is 26.4. The summed E-state index contributed by atoms with van der Waals surface area (Å²) in [6, 6.07) is 0. The van der Waals surface area contributed by atoms with Gasteiger partial charge < -0.3 is 14.7 Å². The molecule has 0 aromatic carbocycles. The molecule has 2 rings (SSSR count). The standard InChI is InChI=1S/C13H21N2O8P/c1-3-4-21-24(19,20)22-7-10-9(16)5-11(23-10)15-6-8(2)12(17)14-13(15)18/h6,9-11,16H,3-5,7H2,1-2H3,(H,19,20)(H,14,17,18)/t9-,10+,11+/m0/s1. The molecule has 1 aliphatic rings. The lowest BCUT2D eigenvalue weighted by molar-refractivity contribution is -0.0465. The van der Waals surface area contributed by atoms with Crippen molar-refractivity contribution in [1.29, 1.82) is 0 Å². The van der Waals surface area contributed by atoms with E-state index in [2.05, 4.69) is 9.51 Å². The number of hydrogen-bond donors (Lipinski definition) is 3. The zero-order valence-electron chi connectivity index (χ0n) is 13.4. The molecule has 24 heavy (non-hydrogen) atoms. The second-order valence-corrected chi connectivity index (χ2v) is 6.96. The highest BCUT2D eigenvalue weighted by molar-refractivity contribution is 7.47. The number of aryl methyl sites for hydroxylation is 1. The molecule has 11 heteroatoms. The summed E-state index contributed by atoms with van der Waals surface area (Å²) in [7, 11) is -4.21. The van der Waals surface area contributed by atoms with Crippen molar-refractivity contribution >= 4 is 7.82 Å². The Bertz CT molecular complexity index is 729. The summed E-state index contributed by atoms with van der Waals surface area (Å²) in [4.78, 5) is 34.8. The molecule has 3 N–H and O–H groups in total. The first kappa shape index (κ1) is 19.0. The first-order valence-corrected chi connectivity index (χ1v) is 9.00. The van der Waals surface area contributed by atoms with Crippen LogP contribution in [-0.2, 0) is 18.3 Å². The maximum absolute atomic E-state index is 11.8. The molecule has 1 unspecified atom stereocenters. The number of aromatic amines is 1. The van der Waals surface area contributed by atoms with Crippen LogP contribution in [0.2, 0.25) is 0 Å². The van der Waals surface area contributed by atoms with Gasteiger partial charge in [0.15, 0.2) is 0 Å². The first-order valence-electron chi connectivity index (χ1n) is 7.51. The lowest BCUT2D eigenvalue weighted by atomic mass is 10.2. The van der Waals surface area contributed by atoms with Crippen molar-refractivity contribution in [3.63, 3.8) is 0 Å². The van der Waals surface area contributed by atoms with Gasteiger partial charge in [-0.15, -0.1) is 0 Å². The van der Waals surface area contributed by atoms with Crippen molar-refractivity contribution in [2.75, 3.05) is 13.2 Å². The van der Waals surface area contributed by atoms with Gasteiger partial charge in [-0.05, 0) is 13.3 Å². The number of aliphatic hydroxyl groups is 1. The van der Waals surface area contributed by atoms with Crippen molar-refractivity contribution in [1.82, 2.24) is 9.55 Å². The van der Waals surface area contributed by atoms with E-state index in [1.165, 1.54) is 13.1 Å². The zero-order valence-corrected chi connectivity index (χ0v) is 14.3. The van der Waals surface area contributed by atoms with E-state index in [1.54, 1.807) is 6.92 Å². The first-order chi connectivity index (χ1) is 11.2. The molecule has 1 saturated heterocycles. The molecule has 1 fully saturated rings. The van der Waals surface area contributed by atoms with Crippen molar-refractivity contribution in [2.45, 2.75) is 45.1 Å². The van der Waals surface area contributed by atoms with Crippen molar-refractivity contribution in [3.8, 4) is 0 Å². The number of phosphoric acid groups is 1. The predicted molar refractivity (Wildman–Crippen MR) is 82.6 cm³/mol. The number of aromatic nitrogens is 2. The number of nitrogens with zero attached hydrogens (tertiary/aromatic N) is 1. The number of hydrogen-bond acceptors (Lipinski definition) is 7. The lowest BCUT2D eigenvalue weighted by Crippen LogP contribution is -2.33. The summed E-state index contributed by atoms with van der Waals surface area (Å²) in [5.41, 5.74) is -0.840. The van der Waals surface area contributed by atoms with Gasteiger partial charge in [-0.25, -0.2) is 9.36 Å². The maximum atomic E-state index is 11.8. The smallest absolute Gasteiger partial charge is 0.390 e. The fourth-order valence-electron chi connectivity index (χ4n) is 2.25. The minimum Gasteiger partial charge on any atom is -0.390 e. The molecule has 1 aromatic rings. The fraction of sp³-hybridized carbons (Fsp3) is 0.692. The van der Waals surface area contributed by atoms with Crippen LogP contribution in [0.4, 0.5) is 0 Å². The number of phosphoric ester groups is 1. The van der Waals surface area contributed by atoms with Gasteiger partial charge in [-0.3, -0.25) is 23.4 Å². The predicted octanol–water partition coefficient (Wildman–Crippen LogP) is 0.0370. The van der Waals surface area contributed by atoms with Crippen LogP contribution < -0.4 is 11.2 Å². The van der Waals surface area contributed by atoms with Crippen LogP contribution in [0.3, 0.4) is 0 Å². The Morgan fingerprint density at radius 1 is 1.46 bits per heavy atom. The Morgan fingerprint density at radius 3 is 2.83 bits per heavy atom. The summed E-state index contributed by atoms with van der Waals surface area (Å²) in [6.45, 7) is 3.01. The van der Waals surface area contributed by atoms with E-state index in [-0.39, 0.29) is 19.6 Å². The third-order valence-electron chi connectivity index (χ3n) is 3.52. The fourth-order valence-corrected chi connectivity index (χ4v) is 3.07. The van der Waals surface area contributed by atoms with Crippen molar-refractivity contribution in [3.05, 3.63) is 32.6 Å². The summed E-state index contributed by atoms with van der Waals surface area (Å²) in [6.07, 6.45) is -0.757. The molecule has 0 aliphatic carbocycles. The monoisotopic (exact) mass is 364 g/mol. The van der Waals surface area contributed by atoms with Crippen molar-refractivity contribution < 1.29 is 28.3 Å². The molecule has 136 valence electrons. The van der Waals surface area contributed by atoms with Gasteiger partial charge in [0.2, 0.25) is 0 Å².